The first kappa shape index (κ1) is 16.1. The maximum Gasteiger partial charge on any atom is 0.243 e. The number of carbonyl (C=O) groups excluding carboxylic acids is 2. The fourth-order valence-corrected chi connectivity index (χ4v) is 1.48. The predicted molar refractivity (Wildman–Crippen MR) is 69.3 cm³/mol. The normalized spacial score (nSPS) is 12.5. The number of rotatable bonds is 8. The SMILES string of the molecule is CCCCCCCC(=O)NC(=O)[C@@H](N)C(C)C. The van der Waals surface area contributed by atoms with Gasteiger partial charge in [-0.1, -0.05) is 46.5 Å². The summed E-state index contributed by atoms with van der Waals surface area (Å²) in [7, 11) is 0. The first-order valence-electron chi connectivity index (χ1n) is 6.58. The maximum atomic E-state index is 11.5. The first-order chi connectivity index (χ1) is 7.99. The molecule has 0 bridgehead atoms. The van der Waals surface area contributed by atoms with Crippen molar-refractivity contribution in [3.05, 3.63) is 0 Å². The maximum absolute atomic E-state index is 11.5. The molecular weight excluding hydrogens is 216 g/mol. The molecule has 0 aliphatic rings. The van der Waals surface area contributed by atoms with Crippen LogP contribution >= 0.6 is 0 Å². The number of unbranched alkanes of at least 4 members (excludes halogenated alkanes) is 4. The molecular formula is C13H26N2O2. The van der Waals surface area contributed by atoms with E-state index in [-0.39, 0.29) is 17.7 Å². The van der Waals surface area contributed by atoms with Gasteiger partial charge in [-0.3, -0.25) is 14.9 Å². The van der Waals surface area contributed by atoms with Gasteiger partial charge in [0.1, 0.15) is 0 Å². The number of nitrogens with one attached hydrogen (secondary N) is 1. The Hall–Kier alpha value is -0.900. The molecule has 0 spiro atoms. The third-order valence-corrected chi connectivity index (χ3v) is 2.79. The van der Waals surface area contributed by atoms with E-state index in [2.05, 4.69) is 12.2 Å². The molecule has 1 atom stereocenters. The summed E-state index contributed by atoms with van der Waals surface area (Å²) in [6.45, 7) is 5.87. The van der Waals surface area contributed by atoms with E-state index in [0.717, 1.165) is 19.3 Å². The highest BCUT2D eigenvalue weighted by Crippen LogP contribution is 2.05. The second-order valence-corrected chi connectivity index (χ2v) is 4.85. The van der Waals surface area contributed by atoms with Crippen LogP contribution in [0.15, 0.2) is 0 Å². The Morgan fingerprint density at radius 1 is 1.12 bits per heavy atom. The topological polar surface area (TPSA) is 72.2 Å². The van der Waals surface area contributed by atoms with Crippen LogP contribution in [0.3, 0.4) is 0 Å². The fourth-order valence-electron chi connectivity index (χ4n) is 1.48. The van der Waals surface area contributed by atoms with E-state index in [9.17, 15) is 9.59 Å². The summed E-state index contributed by atoms with van der Waals surface area (Å²) < 4.78 is 0. The number of carbonyl (C=O) groups is 2. The molecule has 0 saturated carbocycles. The van der Waals surface area contributed by atoms with E-state index < -0.39 is 6.04 Å². The van der Waals surface area contributed by atoms with E-state index >= 15 is 0 Å². The van der Waals surface area contributed by atoms with Crippen molar-refractivity contribution in [2.45, 2.75) is 65.3 Å². The molecule has 0 radical (unpaired) electrons. The van der Waals surface area contributed by atoms with Crippen LogP contribution < -0.4 is 11.1 Å². The average molecular weight is 242 g/mol. The van der Waals surface area contributed by atoms with E-state index in [4.69, 9.17) is 5.73 Å². The lowest BCUT2D eigenvalue weighted by molar-refractivity contribution is -0.131. The van der Waals surface area contributed by atoms with Crippen molar-refractivity contribution >= 4 is 11.8 Å². The van der Waals surface area contributed by atoms with Crippen LogP contribution in [0.2, 0.25) is 0 Å². The Morgan fingerprint density at radius 3 is 2.24 bits per heavy atom. The summed E-state index contributed by atoms with van der Waals surface area (Å²) in [5, 5.41) is 2.35. The zero-order valence-corrected chi connectivity index (χ0v) is 11.3. The predicted octanol–water partition coefficient (Wildman–Crippen LogP) is 1.97. The molecule has 2 amide bonds. The van der Waals surface area contributed by atoms with Crippen LogP contribution in [0, 0.1) is 5.92 Å². The minimum atomic E-state index is -0.598. The molecule has 0 aliphatic heterocycles. The van der Waals surface area contributed by atoms with Crippen molar-refractivity contribution < 1.29 is 9.59 Å². The number of hydrogen-bond donors (Lipinski definition) is 2. The summed E-state index contributed by atoms with van der Waals surface area (Å²) >= 11 is 0. The van der Waals surface area contributed by atoms with Crippen LogP contribution in [-0.2, 0) is 9.59 Å². The lowest BCUT2D eigenvalue weighted by atomic mass is 10.0. The molecule has 0 aromatic carbocycles. The van der Waals surface area contributed by atoms with E-state index in [1.54, 1.807) is 0 Å². The Bertz CT molecular complexity index is 240. The molecule has 0 aromatic rings. The second-order valence-electron chi connectivity index (χ2n) is 4.85. The molecule has 0 fully saturated rings. The summed E-state index contributed by atoms with van der Waals surface area (Å²) in [5.74, 6) is -0.520. The van der Waals surface area contributed by atoms with Crippen molar-refractivity contribution in [1.82, 2.24) is 5.32 Å². The Balaban J connectivity index is 3.68. The van der Waals surface area contributed by atoms with Gasteiger partial charge < -0.3 is 5.73 Å². The molecule has 17 heavy (non-hydrogen) atoms. The van der Waals surface area contributed by atoms with E-state index in [0.29, 0.717) is 6.42 Å². The minimum Gasteiger partial charge on any atom is -0.320 e. The van der Waals surface area contributed by atoms with Crippen LogP contribution in [-0.4, -0.2) is 17.9 Å². The van der Waals surface area contributed by atoms with Gasteiger partial charge in [-0.25, -0.2) is 0 Å². The number of hydrogen-bond acceptors (Lipinski definition) is 3. The van der Waals surface area contributed by atoms with Gasteiger partial charge >= 0.3 is 0 Å². The Kier molecular flexibility index (Phi) is 8.68. The summed E-state index contributed by atoms with van der Waals surface area (Å²) in [4.78, 5) is 22.9. The van der Waals surface area contributed by atoms with E-state index in [1.807, 2.05) is 13.8 Å². The van der Waals surface area contributed by atoms with Crippen molar-refractivity contribution in [3.63, 3.8) is 0 Å². The van der Waals surface area contributed by atoms with Crippen molar-refractivity contribution in [2.24, 2.45) is 11.7 Å². The molecule has 4 heteroatoms. The highest BCUT2D eigenvalue weighted by atomic mass is 16.2. The van der Waals surface area contributed by atoms with Gasteiger partial charge in [-0.15, -0.1) is 0 Å². The number of amides is 2. The molecule has 4 nitrogen and oxygen atoms in total. The molecule has 0 rings (SSSR count). The van der Waals surface area contributed by atoms with Crippen LogP contribution in [0.5, 0.6) is 0 Å². The molecule has 0 heterocycles. The molecule has 0 saturated heterocycles. The fraction of sp³-hybridized carbons (Fsp3) is 0.846. The highest BCUT2D eigenvalue weighted by Gasteiger charge is 2.18. The van der Waals surface area contributed by atoms with Crippen LogP contribution in [0.1, 0.15) is 59.3 Å². The lowest BCUT2D eigenvalue weighted by Gasteiger charge is -2.14. The molecule has 0 unspecified atom stereocenters. The summed E-state index contributed by atoms with van der Waals surface area (Å²) in [6, 6.07) is -0.598. The zero-order chi connectivity index (χ0) is 13.3. The Labute approximate surface area is 104 Å². The average Bonchev–Trinajstić information content (AvgIpc) is 2.27. The van der Waals surface area contributed by atoms with E-state index in [1.165, 1.54) is 12.8 Å². The quantitative estimate of drug-likeness (QED) is 0.639. The van der Waals surface area contributed by atoms with Gasteiger partial charge in [0, 0.05) is 6.42 Å². The number of imide groups is 1. The smallest absolute Gasteiger partial charge is 0.243 e. The first-order valence-corrected chi connectivity index (χ1v) is 6.58. The zero-order valence-electron chi connectivity index (χ0n) is 11.3. The molecule has 3 N–H and O–H groups in total. The largest absolute Gasteiger partial charge is 0.320 e. The minimum absolute atomic E-state index is 0.0485. The Morgan fingerprint density at radius 2 is 1.71 bits per heavy atom. The van der Waals surface area contributed by atoms with Crippen molar-refractivity contribution in [1.29, 1.82) is 0 Å². The second kappa shape index (κ2) is 9.16. The van der Waals surface area contributed by atoms with Gasteiger partial charge in [-0.2, -0.15) is 0 Å². The van der Waals surface area contributed by atoms with Gasteiger partial charge in [0.25, 0.3) is 0 Å². The van der Waals surface area contributed by atoms with Crippen molar-refractivity contribution in [2.75, 3.05) is 0 Å². The number of nitrogens with two attached hydrogens (primary N) is 1. The monoisotopic (exact) mass is 242 g/mol. The van der Waals surface area contributed by atoms with Gasteiger partial charge in [0.2, 0.25) is 11.8 Å². The third kappa shape index (κ3) is 7.91. The van der Waals surface area contributed by atoms with Gasteiger partial charge in [0.05, 0.1) is 6.04 Å². The van der Waals surface area contributed by atoms with Crippen LogP contribution in [0.25, 0.3) is 0 Å². The van der Waals surface area contributed by atoms with Gasteiger partial charge in [0.15, 0.2) is 0 Å². The third-order valence-electron chi connectivity index (χ3n) is 2.79. The van der Waals surface area contributed by atoms with Gasteiger partial charge in [-0.05, 0) is 12.3 Å². The molecule has 0 aliphatic carbocycles. The molecule has 100 valence electrons. The van der Waals surface area contributed by atoms with Crippen LogP contribution in [0.4, 0.5) is 0 Å². The highest BCUT2D eigenvalue weighted by molar-refractivity contribution is 5.97. The summed E-state index contributed by atoms with van der Waals surface area (Å²) in [5.41, 5.74) is 5.64. The molecule has 0 aromatic heterocycles. The van der Waals surface area contributed by atoms with Crippen molar-refractivity contribution in [3.8, 4) is 0 Å². The lowest BCUT2D eigenvalue weighted by Crippen LogP contribution is -2.46. The standard InChI is InChI=1S/C13H26N2O2/c1-4-5-6-7-8-9-11(16)15-13(17)12(14)10(2)3/h10,12H,4-9,14H2,1-3H3,(H,15,16,17)/t12-/m0/s1. The summed E-state index contributed by atoms with van der Waals surface area (Å²) in [6.07, 6.45) is 5.86.